The van der Waals surface area contributed by atoms with Crippen LogP contribution in [0.15, 0.2) is 48.5 Å². The Hall–Kier alpha value is -1.56. The highest BCUT2D eigenvalue weighted by atomic mass is 14.0. The van der Waals surface area contributed by atoms with Crippen molar-refractivity contribution in [1.82, 2.24) is 0 Å². The third-order valence-electron chi connectivity index (χ3n) is 3.80. The molecule has 0 aromatic heterocycles. The molecule has 0 heterocycles. The van der Waals surface area contributed by atoms with E-state index in [0.717, 1.165) is 6.42 Å². The van der Waals surface area contributed by atoms with Gasteiger partial charge >= 0.3 is 0 Å². The molecule has 2 aromatic rings. The SMILES string of the molecule is CCc1ccc(C(C)C)cc1.Cc1ccc(C(C)C)cc1. The molecule has 0 fully saturated rings. The predicted octanol–water partition coefficient (Wildman–Crippen LogP) is 6.49. The van der Waals surface area contributed by atoms with Crippen LogP contribution < -0.4 is 0 Å². The Bertz CT molecular complexity index is 501. The van der Waals surface area contributed by atoms with E-state index >= 15 is 0 Å². The maximum atomic E-state index is 2.23. The first kappa shape index (κ1) is 17.5. The average molecular weight is 282 g/mol. The normalized spacial score (nSPS) is 10.5. The maximum absolute atomic E-state index is 2.23. The van der Waals surface area contributed by atoms with Crippen molar-refractivity contribution < 1.29 is 0 Å². The first-order valence-electron chi connectivity index (χ1n) is 8.09. The molecule has 0 heteroatoms. The summed E-state index contributed by atoms with van der Waals surface area (Å²) >= 11 is 0. The van der Waals surface area contributed by atoms with E-state index in [9.17, 15) is 0 Å². The molecule has 0 aliphatic heterocycles. The summed E-state index contributed by atoms with van der Waals surface area (Å²) in [4.78, 5) is 0. The number of hydrogen-bond acceptors (Lipinski definition) is 0. The lowest BCUT2D eigenvalue weighted by atomic mass is 10.0. The molecular weight excluding hydrogens is 252 g/mol. The van der Waals surface area contributed by atoms with Crippen molar-refractivity contribution in [2.24, 2.45) is 0 Å². The van der Waals surface area contributed by atoms with Crippen LogP contribution in [0.4, 0.5) is 0 Å². The van der Waals surface area contributed by atoms with Gasteiger partial charge in [0.1, 0.15) is 0 Å². The van der Waals surface area contributed by atoms with Gasteiger partial charge in [-0.15, -0.1) is 0 Å². The number of aryl methyl sites for hydroxylation is 2. The molecule has 21 heavy (non-hydrogen) atoms. The lowest BCUT2D eigenvalue weighted by Crippen LogP contribution is -1.87. The summed E-state index contributed by atoms with van der Waals surface area (Å²) in [6.07, 6.45) is 1.14. The molecule has 0 saturated heterocycles. The van der Waals surface area contributed by atoms with Crippen molar-refractivity contribution in [3.8, 4) is 0 Å². The zero-order chi connectivity index (χ0) is 15.8. The topological polar surface area (TPSA) is 0 Å². The Morgan fingerprint density at radius 3 is 1.38 bits per heavy atom. The minimum Gasteiger partial charge on any atom is -0.0613 e. The van der Waals surface area contributed by atoms with Gasteiger partial charge in [-0.25, -0.2) is 0 Å². The van der Waals surface area contributed by atoms with Crippen molar-refractivity contribution in [1.29, 1.82) is 0 Å². The molecule has 114 valence electrons. The molecule has 0 spiro atoms. The smallest absolute Gasteiger partial charge is 0.0219 e. The molecule has 0 bridgehead atoms. The van der Waals surface area contributed by atoms with Gasteiger partial charge in [-0.1, -0.05) is 88.7 Å². The summed E-state index contributed by atoms with van der Waals surface area (Å²) in [6.45, 7) is 13.2. The molecule has 0 N–H and O–H groups in total. The van der Waals surface area contributed by atoms with Crippen LogP contribution in [0.1, 0.15) is 68.7 Å². The van der Waals surface area contributed by atoms with E-state index in [1.807, 2.05) is 0 Å². The highest BCUT2D eigenvalue weighted by Crippen LogP contribution is 2.15. The summed E-state index contributed by atoms with van der Waals surface area (Å²) in [5.41, 5.74) is 5.62. The molecule has 0 aliphatic rings. The molecule has 0 nitrogen and oxygen atoms in total. The summed E-state index contributed by atoms with van der Waals surface area (Å²) in [7, 11) is 0. The van der Waals surface area contributed by atoms with E-state index < -0.39 is 0 Å². The zero-order valence-corrected chi connectivity index (χ0v) is 14.5. The fourth-order valence-electron chi connectivity index (χ4n) is 2.09. The van der Waals surface area contributed by atoms with E-state index in [1.54, 1.807) is 0 Å². The minimum atomic E-state index is 0.653. The number of benzene rings is 2. The van der Waals surface area contributed by atoms with E-state index in [0.29, 0.717) is 11.8 Å². The Morgan fingerprint density at radius 1 is 0.667 bits per heavy atom. The maximum Gasteiger partial charge on any atom is -0.0219 e. The highest BCUT2D eigenvalue weighted by Gasteiger charge is 1.97. The fourth-order valence-corrected chi connectivity index (χ4v) is 2.09. The van der Waals surface area contributed by atoms with Crippen LogP contribution in [0, 0.1) is 6.92 Å². The van der Waals surface area contributed by atoms with E-state index in [2.05, 4.69) is 90.1 Å². The third-order valence-corrected chi connectivity index (χ3v) is 3.80. The molecule has 2 rings (SSSR count). The van der Waals surface area contributed by atoms with Crippen LogP contribution in [0.5, 0.6) is 0 Å². The van der Waals surface area contributed by atoms with E-state index in [4.69, 9.17) is 0 Å². The van der Waals surface area contributed by atoms with Crippen LogP contribution in [-0.4, -0.2) is 0 Å². The number of rotatable bonds is 3. The first-order chi connectivity index (χ1) is 9.93. The van der Waals surface area contributed by atoms with Crippen LogP contribution in [0.2, 0.25) is 0 Å². The van der Waals surface area contributed by atoms with Crippen molar-refractivity contribution in [3.63, 3.8) is 0 Å². The predicted molar refractivity (Wildman–Crippen MR) is 95.2 cm³/mol. The van der Waals surface area contributed by atoms with Crippen LogP contribution in [0.3, 0.4) is 0 Å². The molecule has 2 aromatic carbocycles. The van der Waals surface area contributed by atoms with Crippen molar-refractivity contribution >= 4 is 0 Å². The lowest BCUT2D eigenvalue weighted by molar-refractivity contribution is 0.865. The van der Waals surface area contributed by atoms with Crippen LogP contribution in [0.25, 0.3) is 0 Å². The van der Waals surface area contributed by atoms with Crippen molar-refractivity contribution in [3.05, 3.63) is 70.8 Å². The van der Waals surface area contributed by atoms with Crippen molar-refractivity contribution in [2.75, 3.05) is 0 Å². The van der Waals surface area contributed by atoms with Gasteiger partial charge < -0.3 is 0 Å². The molecule has 0 unspecified atom stereocenters. The average Bonchev–Trinajstić information content (AvgIpc) is 2.48. The van der Waals surface area contributed by atoms with Gasteiger partial charge in [0.25, 0.3) is 0 Å². The Kier molecular flexibility index (Phi) is 7.22. The zero-order valence-electron chi connectivity index (χ0n) is 14.5. The van der Waals surface area contributed by atoms with Crippen LogP contribution >= 0.6 is 0 Å². The summed E-state index contributed by atoms with van der Waals surface area (Å²) in [5, 5.41) is 0. The van der Waals surface area contributed by atoms with E-state index in [1.165, 1.54) is 22.3 Å². The van der Waals surface area contributed by atoms with Gasteiger partial charge in [0.15, 0.2) is 0 Å². The molecular formula is C21H30. The molecule has 0 amide bonds. The van der Waals surface area contributed by atoms with Gasteiger partial charge in [-0.05, 0) is 41.9 Å². The molecule has 0 saturated carbocycles. The van der Waals surface area contributed by atoms with Gasteiger partial charge in [0.05, 0.1) is 0 Å². The molecule has 0 aliphatic carbocycles. The Balaban J connectivity index is 0.000000211. The number of hydrogen-bond donors (Lipinski definition) is 0. The fraction of sp³-hybridized carbons (Fsp3) is 0.429. The molecule has 0 radical (unpaired) electrons. The second kappa shape index (κ2) is 8.67. The van der Waals surface area contributed by atoms with Crippen molar-refractivity contribution in [2.45, 2.75) is 59.8 Å². The third kappa shape index (κ3) is 6.16. The van der Waals surface area contributed by atoms with Gasteiger partial charge in [-0.2, -0.15) is 0 Å². The van der Waals surface area contributed by atoms with Crippen LogP contribution in [-0.2, 0) is 6.42 Å². The van der Waals surface area contributed by atoms with Gasteiger partial charge in [0.2, 0.25) is 0 Å². The largest absolute Gasteiger partial charge is 0.0613 e. The minimum absolute atomic E-state index is 0.653. The summed E-state index contributed by atoms with van der Waals surface area (Å²) in [5.74, 6) is 1.31. The Labute approximate surface area is 131 Å². The summed E-state index contributed by atoms with van der Waals surface area (Å²) in [6, 6.07) is 17.6. The van der Waals surface area contributed by atoms with Gasteiger partial charge in [0, 0.05) is 0 Å². The molecule has 0 atom stereocenters. The second-order valence-corrected chi connectivity index (χ2v) is 6.32. The Morgan fingerprint density at radius 2 is 1.05 bits per heavy atom. The second-order valence-electron chi connectivity index (χ2n) is 6.32. The lowest BCUT2D eigenvalue weighted by Gasteiger charge is -2.04. The quantitative estimate of drug-likeness (QED) is 0.603. The highest BCUT2D eigenvalue weighted by molar-refractivity contribution is 5.24. The first-order valence-corrected chi connectivity index (χ1v) is 8.09. The standard InChI is InChI=1S/C11H16.C10H14/c1-4-10-5-7-11(8-6-10)9(2)3;1-8(2)10-6-4-9(3)5-7-10/h5-9H,4H2,1-3H3;4-8H,1-3H3. The van der Waals surface area contributed by atoms with Gasteiger partial charge in [-0.3, -0.25) is 0 Å². The van der Waals surface area contributed by atoms with E-state index in [-0.39, 0.29) is 0 Å². The summed E-state index contributed by atoms with van der Waals surface area (Å²) < 4.78 is 0. The monoisotopic (exact) mass is 282 g/mol.